The van der Waals surface area contributed by atoms with E-state index < -0.39 is 24.3 Å². The van der Waals surface area contributed by atoms with E-state index in [0.717, 1.165) is 32.1 Å². The van der Waals surface area contributed by atoms with Crippen molar-refractivity contribution in [3.05, 3.63) is 23.8 Å². The molecule has 0 bridgehead atoms. The minimum Gasteiger partial charge on any atom is -0.469 e. The molecule has 36 heavy (non-hydrogen) atoms. The SMILES string of the molecule is COC(=O)[C@@H]1CCC[C@H]1[C@@H]1C/C=C/C=C(/C#N)[C@H](O)[C@@H](C)C[C@H](C)C[C@H](C)C[C@H](C)[C@@H](O)CC(=O)O1. The number of carbonyl (C=O) groups is 2. The average Bonchev–Trinajstić information content (AvgIpc) is 3.31. The third kappa shape index (κ3) is 8.74. The van der Waals surface area contributed by atoms with Gasteiger partial charge in [0.1, 0.15) is 6.10 Å². The summed E-state index contributed by atoms with van der Waals surface area (Å²) in [7, 11) is 1.37. The van der Waals surface area contributed by atoms with Crippen LogP contribution in [0.15, 0.2) is 23.8 Å². The molecule has 0 aromatic carbocycles. The number of cyclic esters (lactones) is 1. The van der Waals surface area contributed by atoms with Crippen LogP contribution in [0, 0.1) is 46.8 Å². The molecule has 1 heterocycles. The van der Waals surface area contributed by atoms with Crippen LogP contribution in [0.5, 0.6) is 0 Å². The molecular weight excluding hydrogens is 458 g/mol. The molecule has 1 aliphatic heterocycles. The highest BCUT2D eigenvalue weighted by Gasteiger charge is 2.40. The Bertz CT molecular complexity index is 830. The Kier molecular flexibility index (Phi) is 12.1. The van der Waals surface area contributed by atoms with Gasteiger partial charge in [-0.05, 0) is 61.9 Å². The van der Waals surface area contributed by atoms with E-state index in [2.05, 4.69) is 19.9 Å². The predicted octanol–water partition coefficient (Wildman–Crippen LogP) is 4.72. The van der Waals surface area contributed by atoms with E-state index in [4.69, 9.17) is 9.47 Å². The Morgan fingerprint density at radius 3 is 2.39 bits per heavy atom. The number of nitrogens with zero attached hydrogens (tertiary/aromatic N) is 1. The fourth-order valence-corrected chi connectivity index (χ4v) is 6.10. The second-order valence-corrected chi connectivity index (χ2v) is 11.2. The highest BCUT2D eigenvalue weighted by atomic mass is 16.5. The number of aliphatic hydroxyl groups is 2. The van der Waals surface area contributed by atoms with Crippen molar-refractivity contribution in [1.29, 1.82) is 5.26 Å². The highest BCUT2D eigenvalue weighted by Crippen LogP contribution is 2.38. The van der Waals surface area contributed by atoms with Gasteiger partial charge in [-0.25, -0.2) is 0 Å². The average molecular weight is 504 g/mol. The van der Waals surface area contributed by atoms with Crippen molar-refractivity contribution in [2.24, 2.45) is 35.5 Å². The largest absolute Gasteiger partial charge is 0.469 e. The van der Waals surface area contributed by atoms with E-state index in [0.29, 0.717) is 30.3 Å². The molecule has 0 aromatic rings. The summed E-state index contributed by atoms with van der Waals surface area (Å²) in [6.07, 6.45) is 8.01. The van der Waals surface area contributed by atoms with Crippen LogP contribution in [0.2, 0.25) is 0 Å². The summed E-state index contributed by atoms with van der Waals surface area (Å²) >= 11 is 0. The highest BCUT2D eigenvalue weighted by molar-refractivity contribution is 5.73. The van der Waals surface area contributed by atoms with Gasteiger partial charge in [-0.2, -0.15) is 5.26 Å². The molecule has 9 atom stereocenters. The van der Waals surface area contributed by atoms with Crippen molar-refractivity contribution < 1.29 is 29.3 Å². The second kappa shape index (κ2) is 14.5. The molecule has 0 amide bonds. The standard InChI is InChI=1S/C29H45NO6/c1-18-13-19(2)15-21(4)28(33)22(17-30)9-6-7-12-26(23-10-8-11-24(23)29(34)35-5)36-27(32)16-25(31)20(3)14-18/h6-7,9,18-21,23-26,28,31,33H,8,10-16H2,1-5H3/b7-6+,22-9-/t18-,19+,20-,21-,23+,24+,25-,26-,28+/m0/s1. The molecule has 1 aliphatic carbocycles. The molecule has 7 nitrogen and oxygen atoms in total. The number of hydrogen-bond acceptors (Lipinski definition) is 7. The number of methoxy groups -OCH3 is 1. The molecule has 0 unspecified atom stereocenters. The van der Waals surface area contributed by atoms with Crippen molar-refractivity contribution in [1.82, 2.24) is 0 Å². The van der Waals surface area contributed by atoms with Gasteiger partial charge in [0.05, 0.1) is 43.3 Å². The first-order valence-electron chi connectivity index (χ1n) is 13.5. The Morgan fingerprint density at radius 1 is 1.08 bits per heavy atom. The van der Waals surface area contributed by atoms with Gasteiger partial charge in [-0.1, -0.05) is 46.3 Å². The van der Waals surface area contributed by atoms with Gasteiger partial charge in [0, 0.05) is 12.3 Å². The van der Waals surface area contributed by atoms with Crippen LogP contribution in [-0.2, 0) is 19.1 Å². The van der Waals surface area contributed by atoms with Crippen molar-refractivity contribution in [3.63, 3.8) is 0 Å². The quantitative estimate of drug-likeness (QED) is 0.524. The van der Waals surface area contributed by atoms with Crippen LogP contribution in [0.3, 0.4) is 0 Å². The van der Waals surface area contributed by atoms with Gasteiger partial charge in [0.25, 0.3) is 0 Å². The van der Waals surface area contributed by atoms with E-state index in [-0.39, 0.29) is 36.1 Å². The second-order valence-electron chi connectivity index (χ2n) is 11.2. The lowest BCUT2D eigenvalue weighted by Crippen LogP contribution is -2.34. The van der Waals surface area contributed by atoms with Crippen molar-refractivity contribution >= 4 is 11.9 Å². The van der Waals surface area contributed by atoms with Gasteiger partial charge in [-0.15, -0.1) is 0 Å². The summed E-state index contributed by atoms with van der Waals surface area (Å²) < 4.78 is 10.9. The zero-order valence-electron chi connectivity index (χ0n) is 22.6. The zero-order valence-corrected chi connectivity index (χ0v) is 22.6. The molecule has 0 radical (unpaired) electrons. The molecule has 0 aromatic heterocycles. The van der Waals surface area contributed by atoms with Crippen molar-refractivity contribution in [2.75, 3.05) is 7.11 Å². The minimum atomic E-state index is -0.857. The molecule has 2 rings (SSSR count). The topological polar surface area (TPSA) is 117 Å². The third-order valence-corrected chi connectivity index (χ3v) is 7.99. The van der Waals surface area contributed by atoms with Gasteiger partial charge in [0.2, 0.25) is 0 Å². The van der Waals surface area contributed by atoms with Crippen molar-refractivity contribution in [2.45, 2.75) is 97.4 Å². The lowest BCUT2D eigenvalue weighted by molar-refractivity contribution is -0.160. The molecule has 202 valence electrons. The molecular formula is C29H45NO6. The Balaban J connectivity index is 2.31. The summed E-state index contributed by atoms with van der Waals surface area (Å²) in [4.78, 5) is 25.2. The molecule has 0 spiro atoms. The number of rotatable bonds is 2. The molecule has 0 saturated heterocycles. The summed E-state index contributed by atoms with van der Waals surface area (Å²) in [6, 6.07) is 2.13. The zero-order chi connectivity index (χ0) is 26.8. The summed E-state index contributed by atoms with van der Waals surface area (Å²) in [5.41, 5.74) is 0.304. The van der Waals surface area contributed by atoms with E-state index in [1.165, 1.54) is 7.11 Å². The Hall–Kier alpha value is -2.17. The maximum absolute atomic E-state index is 12.8. The minimum absolute atomic E-state index is 0.0672. The number of nitriles is 1. The number of esters is 2. The predicted molar refractivity (Wildman–Crippen MR) is 137 cm³/mol. The fraction of sp³-hybridized carbons (Fsp3) is 0.759. The monoisotopic (exact) mass is 503 g/mol. The Morgan fingerprint density at radius 2 is 1.75 bits per heavy atom. The molecule has 2 aliphatic rings. The molecule has 1 fully saturated rings. The van der Waals surface area contributed by atoms with E-state index in [1.807, 2.05) is 19.9 Å². The first-order chi connectivity index (χ1) is 17.1. The van der Waals surface area contributed by atoms with Crippen LogP contribution in [0.4, 0.5) is 0 Å². The van der Waals surface area contributed by atoms with Gasteiger partial charge in [0.15, 0.2) is 0 Å². The van der Waals surface area contributed by atoms with E-state index in [9.17, 15) is 25.1 Å². The summed E-state index contributed by atoms with van der Waals surface area (Å²) in [6.45, 7) is 8.22. The van der Waals surface area contributed by atoms with Gasteiger partial charge in [-0.3, -0.25) is 9.59 Å². The summed E-state index contributed by atoms with van der Waals surface area (Å²) in [5, 5.41) is 31.1. The normalized spacial score (nSPS) is 40.0. The number of ether oxygens (including phenoxy) is 2. The number of carbonyl (C=O) groups excluding carboxylic acids is 2. The van der Waals surface area contributed by atoms with Crippen LogP contribution in [-0.4, -0.2) is 47.6 Å². The van der Waals surface area contributed by atoms with Crippen LogP contribution in [0.1, 0.15) is 79.1 Å². The number of hydrogen-bond donors (Lipinski definition) is 2. The van der Waals surface area contributed by atoms with Gasteiger partial charge < -0.3 is 19.7 Å². The smallest absolute Gasteiger partial charge is 0.309 e. The fourth-order valence-electron chi connectivity index (χ4n) is 6.10. The van der Waals surface area contributed by atoms with Gasteiger partial charge >= 0.3 is 11.9 Å². The Labute approximate surface area is 216 Å². The van der Waals surface area contributed by atoms with E-state index in [1.54, 1.807) is 12.2 Å². The van der Waals surface area contributed by atoms with Crippen LogP contribution in [0.25, 0.3) is 0 Å². The summed E-state index contributed by atoms with van der Waals surface area (Å²) in [5.74, 6) is -0.714. The van der Waals surface area contributed by atoms with Crippen molar-refractivity contribution in [3.8, 4) is 6.07 Å². The lowest BCUT2D eigenvalue weighted by atomic mass is 9.82. The molecule has 1 saturated carbocycles. The maximum Gasteiger partial charge on any atom is 0.309 e. The first-order valence-corrected chi connectivity index (χ1v) is 13.5. The van der Waals surface area contributed by atoms with Crippen LogP contribution >= 0.6 is 0 Å². The van der Waals surface area contributed by atoms with Crippen LogP contribution < -0.4 is 0 Å². The number of allylic oxidation sites excluding steroid dienone is 2. The third-order valence-electron chi connectivity index (χ3n) is 7.99. The first kappa shape index (κ1) is 30.1. The maximum atomic E-state index is 12.8. The molecule has 7 heteroatoms. The molecule has 2 N–H and O–H groups in total. The lowest BCUT2D eigenvalue weighted by Gasteiger charge is -2.28. The van der Waals surface area contributed by atoms with E-state index >= 15 is 0 Å². The number of aliphatic hydroxyl groups excluding tert-OH is 2.